The normalized spacial score (nSPS) is 17.8. The van der Waals surface area contributed by atoms with Gasteiger partial charge in [-0.3, -0.25) is 39.9 Å². The number of aliphatic hydroxyl groups excluding tert-OH is 2. The van der Waals surface area contributed by atoms with Gasteiger partial charge in [-0.15, -0.1) is 0 Å². The first-order valence-electron chi connectivity index (χ1n) is 35.6. The van der Waals surface area contributed by atoms with Gasteiger partial charge >= 0.3 is 48.4 Å². The van der Waals surface area contributed by atoms with Gasteiger partial charge < -0.3 is 112 Å². The number of alkyl carbamates (subject to hydrolysis) is 1. The van der Waals surface area contributed by atoms with Crippen LogP contribution in [0.2, 0.25) is 0 Å². The number of anilines is 3. The maximum absolute atomic E-state index is 14.5. The zero-order valence-electron chi connectivity index (χ0n) is 63.9. The number of rotatable bonds is 39. The van der Waals surface area contributed by atoms with Crippen molar-refractivity contribution in [3.63, 3.8) is 0 Å². The molecule has 4 aromatic carbocycles. The second-order valence-electron chi connectivity index (χ2n) is 25.9. The standard InChI is InChI=1S/C77H90N8O31/c1-12-23-106-74(96)82-61(42(5)6)67(89)78-45(9)66(88)79-48-20-17-46(18-21-48)40-110-72(94)80-53-34-59(57(102-10)32-51(53)68(90)83-36-43(7)29-49(83)38-86)104-27-16-28-105-60-35-54(52(33-58(60)103-11)69(91)84-37-44(8)30-50(84)39-87)81-73(95)111-41-47-19-22-56(55(31-47)85(100)101)112-71-65(116-77(99)109-26-15-4)63(115-76(98)108-25-14-3)62(64(113-71)70(92)93)114-75(97)107-24-13-2/h12-15,17-22,31-35,42,45,49-50,61-65,71,86-87H,1-4,7-8,16,23-30,36-41H2,5-6,9-11H3,(H,78,89)(H,79,88)(H,80,94)(H,81,95)(H,82,96)(H,92,93)/t45?,49?,50?,61?,62-,63-,64-,65+,71+/m0/s1. The Morgan fingerprint density at radius 1 is 0.569 bits per heavy atom. The number of carbonyl (C=O) groups excluding carboxylic acids is 10. The predicted octanol–water partition coefficient (Wildman–Crippen LogP) is 8.18. The molecule has 0 aliphatic carbocycles. The Labute approximate surface area is 664 Å². The minimum atomic E-state index is -2.37. The zero-order valence-corrected chi connectivity index (χ0v) is 63.9. The molecule has 0 bridgehead atoms. The molecule has 4 aromatic rings. The average molecular weight is 1620 g/mol. The van der Waals surface area contributed by atoms with E-state index in [4.69, 9.17) is 71.1 Å². The number of ether oxygens (including phenoxy) is 15. The topological polar surface area (TPSA) is 497 Å². The molecule has 3 fully saturated rings. The number of nitro benzene ring substituents is 1. The number of carboxylic acids is 1. The molecule has 0 spiro atoms. The van der Waals surface area contributed by atoms with Gasteiger partial charge in [-0.05, 0) is 67.1 Å². The average Bonchev–Trinajstić information content (AvgIpc) is 0.950. The third kappa shape index (κ3) is 25.0. The van der Waals surface area contributed by atoms with Crippen LogP contribution in [0.15, 0.2) is 142 Å². The lowest BCUT2D eigenvalue weighted by Gasteiger charge is -2.42. The van der Waals surface area contributed by atoms with Crippen molar-refractivity contribution in [1.82, 2.24) is 20.4 Å². The summed E-state index contributed by atoms with van der Waals surface area (Å²) in [6.45, 7) is 23.0. The number of hydrogen-bond acceptors (Lipinski definition) is 30. The Morgan fingerprint density at radius 2 is 1.03 bits per heavy atom. The Bertz CT molecular complexity index is 4320. The quantitative estimate of drug-likeness (QED) is 0.00521. The first-order chi connectivity index (χ1) is 55.5. The van der Waals surface area contributed by atoms with Crippen LogP contribution in [0.25, 0.3) is 0 Å². The molecule has 624 valence electrons. The second-order valence-corrected chi connectivity index (χ2v) is 25.9. The van der Waals surface area contributed by atoms with E-state index in [2.05, 4.69) is 66.1 Å². The number of aliphatic carboxylic acids is 1. The van der Waals surface area contributed by atoms with E-state index >= 15 is 0 Å². The largest absolute Gasteiger partial charge is 0.509 e. The minimum absolute atomic E-state index is 0.0166. The van der Waals surface area contributed by atoms with E-state index < -0.39 is 177 Å². The molecule has 3 aliphatic rings. The van der Waals surface area contributed by atoms with Crippen LogP contribution in [-0.4, -0.2) is 231 Å². The van der Waals surface area contributed by atoms with Gasteiger partial charge in [0.25, 0.3) is 11.8 Å². The number of carboxylic acid groups (broad SMARTS) is 1. The summed E-state index contributed by atoms with van der Waals surface area (Å²) >= 11 is 0. The molecular formula is C77H90N8O31. The lowest BCUT2D eigenvalue weighted by molar-refractivity contribution is -0.387. The summed E-state index contributed by atoms with van der Waals surface area (Å²) in [7, 11) is 2.59. The number of benzene rings is 4. The van der Waals surface area contributed by atoms with Gasteiger partial charge in [-0.2, -0.15) is 0 Å². The van der Waals surface area contributed by atoms with Crippen molar-refractivity contribution in [2.24, 2.45) is 5.92 Å². The van der Waals surface area contributed by atoms with Crippen molar-refractivity contribution in [2.45, 2.75) is 108 Å². The van der Waals surface area contributed by atoms with Crippen molar-refractivity contribution in [3.8, 4) is 28.7 Å². The van der Waals surface area contributed by atoms with Gasteiger partial charge in [0.05, 0.1) is 80.2 Å². The second kappa shape index (κ2) is 43.6. The number of nitrogens with one attached hydrogen (secondary N) is 5. The van der Waals surface area contributed by atoms with E-state index in [9.17, 15) is 78.2 Å². The van der Waals surface area contributed by atoms with Crippen molar-refractivity contribution in [3.05, 3.63) is 174 Å². The highest BCUT2D eigenvalue weighted by molar-refractivity contribution is 6.05. The molecule has 116 heavy (non-hydrogen) atoms. The van der Waals surface area contributed by atoms with Gasteiger partial charge in [-0.1, -0.05) is 107 Å². The molecule has 3 heterocycles. The molecule has 39 nitrogen and oxygen atoms in total. The highest BCUT2D eigenvalue weighted by Gasteiger charge is 2.57. The number of nitrogens with zero attached hydrogens (tertiary/aromatic N) is 3. The molecular weight excluding hydrogens is 1530 g/mol. The fraction of sp³-hybridized carbons (Fsp3) is 0.390. The van der Waals surface area contributed by atoms with Crippen LogP contribution in [0.1, 0.15) is 71.9 Å². The number of nitro groups is 1. The van der Waals surface area contributed by atoms with Crippen molar-refractivity contribution >= 4 is 89.1 Å². The van der Waals surface area contributed by atoms with Crippen LogP contribution in [-0.2, 0) is 75.0 Å². The van der Waals surface area contributed by atoms with Gasteiger partial charge in [0.15, 0.2) is 47.1 Å². The molecule has 7 rings (SSSR count). The van der Waals surface area contributed by atoms with E-state index in [0.717, 1.165) is 36.4 Å². The van der Waals surface area contributed by atoms with Crippen LogP contribution in [0.3, 0.4) is 0 Å². The lowest BCUT2D eigenvalue weighted by Crippen LogP contribution is -2.64. The third-order valence-electron chi connectivity index (χ3n) is 17.1. The molecule has 3 aliphatic heterocycles. The molecule has 7 amide bonds. The van der Waals surface area contributed by atoms with Crippen molar-refractivity contribution in [1.29, 1.82) is 0 Å². The first-order valence-corrected chi connectivity index (χ1v) is 35.6. The van der Waals surface area contributed by atoms with E-state index in [1.54, 1.807) is 26.0 Å². The number of amides is 7. The number of hydrogen-bond donors (Lipinski definition) is 8. The molecule has 0 saturated carbocycles. The minimum Gasteiger partial charge on any atom is -0.493 e. The summed E-state index contributed by atoms with van der Waals surface area (Å²) in [5.74, 6) is -5.49. The van der Waals surface area contributed by atoms with Gasteiger partial charge in [0.1, 0.15) is 51.7 Å². The van der Waals surface area contributed by atoms with Gasteiger partial charge in [0.2, 0.25) is 24.2 Å². The molecule has 0 radical (unpaired) electrons. The zero-order chi connectivity index (χ0) is 84.9. The molecule has 3 saturated heterocycles. The van der Waals surface area contributed by atoms with E-state index in [1.165, 1.54) is 73.4 Å². The predicted molar refractivity (Wildman–Crippen MR) is 406 cm³/mol. The number of carbonyl (C=O) groups is 11. The van der Waals surface area contributed by atoms with Gasteiger partial charge in [0, 0.05) is 43.4 Å². The van der Waals surface area contributed by atoms with Crippen LogP contribution in [0.5, 0.6) is 28.7 Å². The summed E-state index contributed by atoms with van der Waals surface area (Å²) in [5.41, 5.74) is 0.499. The van der Waals surface area contributed by atoms with Crippen molar-refractivity contribution in [2.75, 3.05) is 96.1 Å². The van der Waals surface area contributed by atoms with Crippen LogP contribution < -0.4 is 50.3 Å². The van der Waals surface area contributed by atoms with Crippen LogP contribution in [0.4, 0.5) is 51.5 Å². The summed E-state index contributed by atoms with van der Waals surface area (Å²) in [5, 5.41) is 56.5. The smallest absolute Gasteiger partial charge is 0.493 e. The SMILES string of the molecule is C=CCOC(=O)NC(C(=O)NC(C)C(=O)Nc1ccc(COC(=O)Nc2cc(OCCCOc3cc(NC(=O)OCc4ccc(O[C@@H]5O[C@H](C(=O)O)[C@@H](OC(=O)OCC=C)[C@H](OC(=O)OCC=C)[C@H]5OC(=O)OCC=C)c([N+](=O)[O-])c4)c(C(=O)N4CC(=C)CC4CO)cc3OC)c(OC)cc2C(=O)N2CC(=C)CC2CO)cc1)C(C)C. The Hall–Kier alpha value is -13.4. The Kier molecular flexibility index (Phi) is 33.7. The van der Waals surface area contributed by atoms with Crippen molar-refractivity contribution < 1.29 is 144 Å². The lowest BCUT2D eigenvalue weighted by atomic mass is 9.98. The summed E-state index contributed by atoms with van der Waals surface area (Å²) < 4.78 is 81.7. The molecule has 9 atom stereocenters. The number of methoxy groups -OCH3 is 2. The Morgan fingerprint density at radius 3 is 1.49 bits per heavy atom. The molecule has 0 aromatic heterocycles. The Balaban J connectivity index is 1.07. The summed E-state index contributed by atoms with van der Waals surface area (Å²) in [6.07, 6.45) is -13.7. The first kappa shape index (κ1) is 89.8. The summed E-state index contributed by atoms with van der Waals surface area (Å²) in [6, 6.07) is 10.9. The molecule has 39 heteroatoms. The third-order valence-corrected chi connectivity index (χ3v) is 17.1. The molecule has 4 unspecified atom stereocenters. The number of likely N-dealkylation sites (tertiary alicyclic amines) is 2. The highest BCUT2D eigenvalue weighted by atomic mass is 16.8. The van der Waals surface area contributed by atoms with Crippen LogP contribution in [0, 0.1) is 16.0 Å². The summed E-state index contributed by atoms with van der Waals surface area (Å²) in [4.78, 5) is 161. The van der Waals surface area contributed by atoms with Crippen LogP contribution >= 0.6 is 0 Å². The highest BCUT2D eigenvalue weighted by Crippen LogP contribution is 2.40. The fourth-order valence-electron chi connectivity index (χ4n) is 11.6. The number of aliphatic hydroxyl groups is 2. The van der Waals surface area contributed by atoms with E-state index in [-0.39, 0.29) is 109 Å². The van der Waals surface area contributed by atoms with E-state index in [0.29, 0.717) is 28.8 Å². The van der Waals surface area contributed by atoms with E-state index in [1.807, 2.05) is 0 Å². The maximum Gasteiger partial charge on any atom is 0.509 e. The molecule has 8 N–H and O–H groups in total. The van der Waals surface area contributed by atoms with Gasteiger partial charge in [-0.25, -0.2) is 33.6 Å². The monoisotopic (exact) mass is 1620 g/mol. The fourth-order valence-corrected chi connectivity index (χ4v) is 11.6. The maximum atomic E-state index is 14.5.